The first kappa shape index (κ1) is 11.2. The van der Waals surface area contributed by atoms with Gasteiger partial charge in [-0.05, 0) is 24.7 Å². The number of hydrogen-bond donors (Lipinski definition) is 2. The van der Waals surface area contributed by atoms with Gasteiger partial charge in [-0.15, -0.1) is 0 Å². The van der Waals surface area contributed by atoms with Gasteiger partial charge in [-0.25, -0.2) is 0 Å². The summed E-state index contributed by atoms with van der Waals surface area (Å²) < 4.78 is 0.992. The quantitative estimate of drug-likeness (QED) is 0.870. The molecule has 1 rings (SSSR count). The zero-order valence-electron chi connectivity index (χ0n) is 7.83. The third kappa shape index (κ3) is 3.12. The topological polar surface area (TPSA) is 49.3 Å². The smallest absolute Gasteiger partial charge is 0.305 e. The van der Waals surface area contributed by atoms with Crippen LogP contribution in [-0.4, -0.2) is 18.1 Å². The van der Waals surface area contributed by atoms with Crippen LogP contribution in [0.4, 0.5) is 0 Å². The average Bonchev–Trinajstić information content (AvgIpc) is 2.15. The van der Waals surface area contributed by atoms with Crippen LogP contribution in [0.25, 0.3) is 0 Å². The molecule has 0 aliphatic carbocycles. The Morgan fingerprint density at radius 3 is 2.50 bits per heavy atom. The van der Waals surface area contributed by atoms with E-state index in [1.165, 1.54) is 0 Å². The molecule has 0 aliphatic heterocycles. The highest BCUT2D eigenvalue weighted by atomic mass is 79.9. The van der Waals surface area contributed by atoms with Crippen molar-refractivity contribution in [3.05, 3.63) is 34.3 Å². The minimum absolute atomic E-state index is 0.0954. The maximum atomic E-state index is 10.6. The van der Waals surface area contributed by atoms with Crippen LogP contribution in [-0.2, 0) is 4.79 Å². The van der Waals surface area contributed by atoms with Gasteiger partial charge < -0.3 is 10.4 Å². The second-order valence-corrected chi connectivity index (χ2v) is 3.91. The Labute approximate surface area is 91.3 Å². The average molecular weight is 258 g/mol. The van der Waals surface area contributed by atoms with Gasteiger partial charge in [0.2, 0.25) is 0 Å². The van der Waals surface area contributed by atoms with Gasteiger partial charge in [-0.1, -0.05) is 28.1 Å². The van der Waals surface area contributed by atoms with Crippen molar-refractivity contribution in [1.82, 2.24) is 5.32 Å². The number of rotatable bonds is 4. The van der Waals surface area contributed by atoms with Crippen molar-refractivity contribution in [2.75, 3.05) is 7.05 Å². The molecule has 0 heterocycles. The molecule has 0 saturated carbocycles. The standard InChI is InChI=1S/C10H12BrNO2/c1-12-9(6-10(13)14)7-2-4-8(11)5-3-7/h2-5,9,12H,6H2,1H3,(H,13,14). The summed E-state index contributed by atoms with van der Waals surface area (Å²) in [5.41, 5.74) is 0.984. The van der Waals surface area contributed by atoms with Crippen LogP contribution >= 0.6 is 15.9 Å². The van der Waals surface area contributed by atoms with Crippen LogP contribution in [0.3, 0.4) is 0 Å². The predicted octanol–water partition coefficient (Wildman–Crippen LogP) is 2.18. The van der Waals surface area contributed by atoms with E-state index in [-0.39, 0.29) is 12.5 Å². The van der Waals surface area contributed by atoms with Crippen LogP contribution in [0.2, 0.25) is 0 Å². The molecule has 76 valence electrons. The summed E-state index contributed by atoms with van der Waals surface area (Å²) in [4.78, 5) is 10.6. The molecule has 0 aromatic heterocycles. The Balaban J connectivity index is 2.78. The summed E-state index contributed by atoms with van der Waals surface area (Å²) in [5.74, 6) is -0.799. The number of carboxylic acid groups (broad SMARTS) is 1. The van der Waals surface area contributed by atoms with Gasteiger partial charge in [0, 0.05) is 10.5 Å². The minimum Gasteiger partial charge on any atom is -0.481 e. The summed E-state index contributed by atoms with van der Waals surface area (Å²) >= 11 is 3.33. The number of carbonyl (C=O) groups is 1. The molecule has 3 nitrogen and oxygen atoms in total. The molecule has 14 heavy (non-hydrogen) atoms. The molecule has 0 bridgehead atoms. The predicted molar refractivity (Wildman–Crippen MR) is 58.2 cm³/mol. The molecule has 0 saturated heterocycles. The molecule has 4 heteroatoms. The Morgan fingerprint density at radius 1 is 1.50 bits per heavy atom. The molecular weight excluding hydrogens is 246 g/mol. The Bertz CT molecular complexity index is 310. The molecule has 0 fully saturated rings. The highest BCUT2D eigenvalue weighted by Crippen LogP contribution is 2.19. The Morgan fingerprint density at radius 2 is 2.07 bits per heavy atom. The molecular formula is C10H12BrNO2. The fourth-order valence-electron chi connectivity index (χ4n) is 1.26. The largest absolute Gasteiger partial charge is 0.481 e. The Kier molecular flexibility index (Phi) is 4.10. The van der Waals surface area contributed by atoms with Gasteiger partial charge in [0.05, 0.1) is 6.42 Å². The van der Waals surface area contributed by atoms with E-state index in [2.05, 4.69) is 21.2 Å². The third-order valence-electron chi connectivity index (χ3n) is 2.00. The Hall–Kier alpha value is -0.870. The van der Waals surface area contributed by atoms with Gasteiger partial charge in [-0.3, -0.25) is 4.79 Å². The lowest BCUT2D eigenvalue weighted by Gasteiger charge is -2.13. The summed E-state index contributed by atoms with van der Waals surface area (Å²) in [6.07, 6.45) is 0.0954. The maximum Gasteiger partial charge on any atom is 0.305 e. The number of carboxylic acids is 1. The summed E-state index contributed by atoms with van der Waals surface area (Å²) in [5, 5.41) is 11.7. The van der Waals surface area contributed by atoms with Crippen molar-refractivity contribution in [3.8, 4) is 0 Å². The molecule has 1 aromatic carbocycles. The first-order chi connectivity index (χ1) is 6.63. The van der Waals surface area contributed by atoms with Gasteiger partial charge in [0.25, 0.3) is 0 Å². The van der Waals surface area contributed by atoms with Crippen molar-refractivity contribution in [2.45, 2.75) is 12.5 Å². The van der Waals surface area contributed by atoms with Crippen molar-refractivity contribution >= 4 is 21.9 Å². The van der Waals surface area contributed by atoms with Crippen molar-refractivity contribution < 1.29 is 9.90 Å². The van der Waals surface area contributed by atoms with Gasteiger partial charge in [0.15, 0.2) is 0 Å². The fourth-order valence-corrected chi connectivity index (χ4v) is 1.52. The minimum atomic E-state index is -0.799. The molecule has 0 amide bonds. The molecule has 0 radical (unpaired) electrons. The number of benzene rings is 1. The monoisotopic (exact) mass is 257 g/mol. The highest BCUT2D eigenvalue weighted by Gasteiger charge is 2.12. The van der Waals surface area contributed by atoms with E-state index in [1.807, 2.05) is 24.3 Å². The lowest BCUT2D eigenvalue weighted by molar-refractivity contribution is -0.137. The lowest BCUT2D eigenvalue weighted by atomic mass is 10.0. The zero-order chi connectivity index (χ0) is 10.6. The number of hydrogen-bond acceptors (Lipinski definition) is 2. The van der Waals surface area contributed by atoms with E-state index in [4.69, 9.17) is 5.11 Å². The van der Waals surface area contributed by atoms with E-state index < -0.39 is 5.97 Å². The van der Waals surface area contributed by atoms with E-state index in [1.54, 1.807) is 7.05 Å². The van der Waals surface area contributed by atoms with Gasteiger partial charge in [0.1, 0.15) is 0 Å². The normalized spacial score (nSPS) is 12.4. The number of aliphatic carboxylic acids is 1. The molecule has 1 atom stereocenters. The number of nitrogens with one attached hydrogen (secondary N) is 1. The lowest BCUT2D eigenvalue weighted by Crippen LogP contribution is -2.19. The van der Waals surface area contributed by atoms with Crippen LogP contribution in [0.1, 0.15) is 18.0 Å². The van der Waals surface area contributed by atoms with Crippen LogP contribution in [0.15, 0.2) is 28.7 Å². The first-order valence-corrected chi connectivity index (χ1v) is 5.07. The summed E-state index contributed by atoms with van der Waals surface area (Å²) in [7, 11) is 1.76. The van der Waals surface area contributed by atoms with Gasteiger partial charge in [-0.2, -0.15) is 0 Å². The van der Waals surface area contributed by atoms with E-state index in [0.717, 1.165) is 10.0 Å². The van der Waals surface area contributed by atoms with Crippen molar-refractivity contribution in [3.63, 3.8) is 0 Å². The maximum absolute atomic E-state index is 10.6. The van der Waals surface area contributed by atoms with Crippen LogP contribution < -0.4 is 5.32 Å². The van der Waals surface area contributed by atoms with E-state index in [9.17, 15) is 4.79 Å². The van der Waals surface area contributed by atoms with E-state index in [0.29, 0.717) is 0 Å². The van der Waals surface area contributed by atoms with Crippen molar-refractivity contribution in [1.29, 1.82) is 0 Å². The summed E-state index contributed by atoms with van der Waals surface area (Å²) in [6, 6.07) is 7.51. The molecule has 2 N–H and O–H groups in total. The third-order valence-corrected chi connectivity index (χ3v) is 2.53. The number of halogens is 1. The van der Waals surface area contributed by atoms with Crippen molar-refractivity contribution in [2.24, 2.45) is 0 Å². The SMILES string of the molecule is CNC(CC(=O)O)c1ccc(Br)cc1. The zero-order valence-corrected chi connectivity index (χ0v) is 9.41. The molecule has 0 spiro atoms. The van der Waals surface area contributed by atoms with Gasteiger partial charge >= 0.3 is 5.97 Å². The highest BCUT2D eigenvalue weighted by molar-refractivity contribution is 9.10. The molecule has 1 aromatic rings. The van der Waals surface area contributed by atoms with Crippen LogP contribution in [0, 0.1) is 0 Å². The second kappa shape index (κ2) is 5.12. The second-order valence-electron chi connectivity index (χ2n) is 2.99. The van der Waals surface area contributed by atoms with E-state index >= 15 is 0 Å². The molecule has 0 aliphatic rings. The summed E-state index contributed by atoms with van der Waals surface area (Å²) in [6.45, 7) is 0. The van der Waals surface area contributed by atoms with Crippen LogP contribution in [0.5, 0.6) is 0 Å². The first-order valence-electron chi connectivity index (χ1n) is 4.28. The molecule has 1 unspecified atom stereocenters. The fraction of sp³-hybridized carbons (Fsp3) is 0.300.